The Labute approximate surface area is 172 Å². The van der Waals surface area contributed by atoms with Crippen LogP contribution in [0.25, 0.3) is 0 Å². The number of carbonyl (C=O) groups is 2. The lowest BCUT2D eigenvalue weighted by Crippen LogP contribution is -2.45. The van der Waals surface area contributed by atoms with Crippen molar-refractivity contribution in [2.75, 3.05) is 0 Å². The summed E-state index contributed by atoms with van der Waals surface area (Å²) in [5.74, 6) is -3.19. The molecule has 5 unspecified atom stereocenters. The lowest BCUT2D eigenvalue weighted by Gasteiger charge is -2.34. The third kappa shape index (κ3) is 4.48. The van der Waals surface area contributed by atoms with Gasteiger partial charge in [0, 0.05) is 0 Å². The van der Waals surface area contributed by atoms with Gasteiger partial charge < -0.3 is 9.47 Å². The Balaban J connectivity index is 1.51. The van der Waals surface area contributed by atoms with Gasteiger partial charge in [0.1, 0.15) is 12.2 Å². The van der Waals surface area contributed by atoms with Crippen molar-refractivity contribution in [1.29, 1.82) is 0 Å². The predicted octanol–water partition coefficient (Wildman–Crippen LogP) is 3.27. The van der Waals surface area contributed by atoms with E-state index in [4.69, 9.17) is 9.47 Å². The van der Waals surface area contributed by atoms with Gasteiger partial charge in [0.2, 0.25) is 0 Å². The van der Waals surface area contributed by atoms with Crippen LogP contribution in [0.3, 0.4) is 0 Å². The van der Waals surface area contributed by atoms with Gasteiger partial charge >= 0.3 is 11.9 Å². The van der Waals surface area contributed by atoms with Crippen molar-refractivity contribution in [2.45, 2.75) is 94.5 Å². The Morgan fingerprint density at radius 3 is 1.69 bits per heavy atom. The number of esters is 2. The van der Waals surface area contributed by atoms with Crippen LogP contribution in [-0.4, -0.2) is 42.4 Å². The summed E-state index contributed by atoms with van der Waals surface area (Å²) >= 11 is 0. The van der Waals surface area contributed by atoms with Gasteiger partial charge in [0.05, 0.1) is 17.1 Å². The lowest BCUT2D eigenvalue weighted by molar-refractivity contribution is -0.170. The summed E-state index contributed by atoms with van der Waals surface area (Å²) in [4.78, 5) is 26.1. The zero-order chi connectivity index (χ0) is 20.6. The SMILES string of the molecule is O=C(OC1CCCCC1)C1C2CC(C1C(=O)OC1CCCCC1)C(S(=O)(=O)O)C2. The van der Waals surface area contributed by atoms with Crippen molar-refractivity contribution in [1.82, 2.24) is 0 Å². The second-order valence-corrected chi connectivity index (χ2v) is 11.0. The summed E-state index contributed by atoms with van der Waals surface area (Å²) in [7, 11) is -4.27. The molecule has 0 spiro atoms. The minimum absolute atomic E-state index is 0.109. The molecule has 0 aromatic carbocycles. The summed E-state index contributed by atoms with van der Waals surface area (Å²) in [6.07, 6.45) is 10.1. The molecule has 0 aliphatic heterocycles. The molecule has 0 heterocycles. The molecular weight excluding hydrogens is 396 g/mol. The van der Waals surface area contributed by atoms with Crippen molar-refractivity contribution in [3.8, 4) is 0 Å². The Morgan fingerprint density at radius 1 is 0.724 bits per heavy atom. The Hall–Kier alpha value is -1.15. The van der Waals surface area contributed by atoms with Crippen LogP contribution in [0, 0.1) is 23.7 Å². The van der Waals surface area contributed by atoms with Gasteiger partial charge in [-0.3, -0.25) is 14.1 Å². The van der Waals surface area contributed by atoms with Gasteiger partial charge in [0.15, 0.2) is 0 Å². The maximum Gasteiger partial charge on any atom is 0.310 e. The topological polar surface area (TPSA) is 107 Å². The second kappa shape index (κ2) is 8.53. The molecule has 164 valence electrons. The van der Waals surface area contributed by atoms with Crippen molar-refractivity contribution in [3.63, 3.8) is 0 Å². The zero-order valence-electron chi connectivity index (χ0n) is 16.8. The molecule has 0 amide bonds. The van der Waals surface area contributed by atoms with E-state index in [9.17, 15) is 22.6 Å². The van der Waals surface area contributed by atoms with Crippen LogP contribution in [0.1, 0.15) is 77.0 Å². The van der Waals surface area contributed by atoms with Crippen molar-refractivity contribution < 1.29 is 32.0 Å². The van der Waals surface area contributed by atoms with Crippen LogP contribution >= 0.6 is 0 Å². The molecule has 4 aliphatic rings. The van der Waals surface area contributed by atoms with Crippen LogP contribution in [0.4, 0.5) is 0 Å². The van der Waals surface area contributed by atoms with Crippen LogP contribution in [-0.2, 0) is 29.2 Å². The minimum atomic E-state index is -4.27. The smallest absolute Gasteiger partial charge is 0.310 e. The summed E-state index contributed by atoms with van der Waals surface area (Å²) < 4.78 is 44.9. The highest BCUT2D eigenvalue weighted by Crippen LogP contribution is 2.55. The molecule has 0 radical (unpaired) electrons. The summed E-state index contributed by atoms with van der Waals surface area (Å²) in [5, 5.41) is -0.991. The van der Waals surface area contributed by atoms with E-state index >= 15 is 0 Å². The normalized spacial score (nSPS) is 36.1. The molecule has 4 saturated carbocycles. The zero-order valence-corrected chi connectivity index (χ0v) is 17.6. The molecule has 4 aliphatic carbocycles. The Morgan fingerprint density at radius 2 is 1.21 bits per heavy atom. The number of fused-ring (bicyclic) bond motifs is 2. The first-order valence-corrected chi connectivity index (χ1v) is 12.7. The fraction of sp³-hybridized carbons (Fsp3) is 0.905. The third-order valence-corrected chi connectivity index (χ3v) is 8.85. The summed E-state index contributed by atoms with van der Waals surface area (Å²) in [6.45, 7) is 0. The number of ether oxygens (including phenoxy) is 2. The molecule has 8 heteroatoms. The molecule has 5 atom stereocenters. The van der Waals surface area contributed by atoms with Gasteiger partial charge in [-0.1, -0.05) is 12.8 Å². The first-order valence-electron chi connectivity index (χ1n) is 11.2. The van der Waals surface area contributed by atoms with Gasteiger partial charge in [0.25, 0.3) is 10.1 Å². The van der Waals surface area contributed by atoms with Crippen LogP contribution in [0.5, 0.6) is 0 Å². The summed E-state index contributed by atoms with van der Waals surface area (Å²) in [5.41, 5.74) is 0. The minimum Gasteiger partial charge on any atom is -0.462 e. The fourth-order valence-corrected chi connectivity index (χ4v) is 7.37. The van der Waals surface area contributed by atoms with Crippen molar-refractivity contribution in [3.05, 3.63) is 0 Å². The molecule has 29 heavy (non-hydrogen) atoms. The van der Waals surface area contributed by atoms with Crippen molar-refractivity contribution >= 4 is 22.1 Å². The van der Waals surface area contributed by atoms with E-state index in [1.807, 2.05) is 0 Å². The van der Waals surface area contributed by atoms with E-state index in [0.29, 0.717) is 6.42 Å². The number of hydrogen-bond acceptors (Lipinski definition) is 6. The van der Waals surface area contributed by atoms with Gasteiger partial charge in [-0.15, -0.1) is 0 Å². The summed E-state index contributed by atoms with van der Waals surface area (Å²) in [6, 6.07) is 0. The highest BCUT2D eigenvalue weighted by molar-refractivity contribution is 7.86. The number of rotatable bonds is 5. The monoisotopic (exact) mass is 428 g/mol. The van der Waals surface area contributed by atoms with Gasteiger partial charge in [-0.2, -0.15) is 8.42 Å². The lowest BCUT2D eigenvalue weighted by atomic mass is 9.78. The molecule has 1 N–H and O–H groups in total. The molecule has 0 aromatic rings. The molecular formula is C21H32O7S. The number of carbonyl (C=O) groups excluding carboxylic acids is 2. The van der Waals surface area contributed by atoms with Gasteiger partial charge in [-0.05, 0) is 76.0 Å². The van der Waals surface area contributed by atoms with Crippen LogP contribution < -0.4 is 0 Å². The van der Waals surface area contributed by atoms with E-state index in [1.165, 1.54) is 0 Å². The van der Waals surface area contributed by atoms with E-state index in [2.05, 4.69) is 0 Å². The molecule has 0 saturated heterocycles. The molecule has 7 nitrogen and oxygen atoms in total. The fourth-order valence-electron chi connectivity index (χ4n) is 6.16. The molecule has 0 aromatic heterocycles. The van der Waals surface area contributed by atoms with Crippen molar-refractivity contribution in [2.24, 2.45) is 23.7 Å². The second-order valence-electron chi connectivity index (χ2n) is 9.39. The average Bonchev–Trinajstić information content (AvgIpc) is 3.28. The molecule has 4 fully saturated rings. The van der Waals surface area contributed by atoms with Crippen LogP contribution in [0.15, 0.2) is 0 Å². The van der Waals surface area contributed by atoms with Crippen LogP contribution in [0.2, 0.25) is 0 Å². The van der Waals surface area contributed by atoms with E-state index in [0.717, 1.165) is 64.2 Å². The van der Waals surface area contributed by atoms with E-state index in [-0.39, 0.29) is 30.5 Å². The third-order valence-electron chi connectivity index (χ3n) is 7.54. The Kier molecular flexibility index (Phi) is 6.21. The van der Waals surface area contributed by atoms with E-state index < -0.39 is 39.1 Å². The maximum absolute atomic E-state index is 13.1. The quantitative estimate of drug-likeness (QED) is 0.529. The first-order chi connectivity index (χ1) is 13.8. The largest absolute Gasteiger partial charge is 0.462 e. The predicted molar refractivity (Wildman–Crippen MR) is 104 cm³/mol. The number of hydrogen-bond donors (Lipinski definition) is 1. The maximum atomic E-state index is 13.1. The van der Waals surface area contributed by atoms with E-state index in [1.54, 1.807) is 0 Å². The Bertz CT molecular complexity index is 721. The first kappa shape index (κ1) is 21.1. The highest BCUT2D eigenvalue weighted by Gasteiger charge is 2.62. The standard InChI is InChI=1S/C21H32O7S/c22-20(27-14-7-3-1-4-8-14)18-13-11-16(17(12-13)29(24,25)26)19(18)21(23)28-15-9-5-2-6-10-15/h13-19H,1-12H2,(H,24,25,26). The molecule has 2 bridgehead atoms. The molecule has 4 rings (SSSR count). The van der Waals surface area contributed by atoms with Gasteiger partial charge in [-0.25, -0.2) is 0 Å². The average molecular weight is 429 g/mol. The highest BCUT2D eigenvalue weighted by atomic mass is 32.2.